The van der Waals surface area contributed by atoms with Gasteiger partial charge in [0, 0.05) is 6.54 Å². The van der Waals surface area contributed by atoms with Gasteiger partial charge in [-0.25, -0.2) is 9.78 Å². The minimum absolute atomic E-state index is 0.156. The summed E-state index contributed by atoms with van der Waals surface area (Å²) in [4.78, 5) is 21.0. The number of hydrogen-bond donors (Lipinski definition) is 3. The van der Waals surface area contributed by atoms with Crippen molar-refractivity contribution < 1.29 is 9.90 Å². The maximum absolute atomic E-state index is 12.2. The van der Waals surface area contributed by atoms with Crippen LogP contribution in [-0.2, 0) is 0 Å². The number of benzene rings is 2. The monoisotopic (exact) mass is 436 g/mol. The number of hydrogen-bond acceptors (Lipinski definition) is 5. The molecule has 3 rings (SSSR count). The average Bonchev–Trinajstić information content (AvgIpc) is 2.69. The topological polar surface area (TPSA) is 78.4 Å². The number of fused-ring (bicyclic) bond motifs is 1. The fraction of sp³-hybridized carbons (Fsp3) is 0.211. The maximum atomic E-state index is 12.2. The number of aromatic hydroxyl groups is 1. The number of carbonyl (C=O) groups excluding carboxylic acids is 1. The van der Waals surface area contributed by atoms with Crippen molar-refractivity contribution in [1.29, 1.82) is 0 Å². The number of aromatic nitrogens is 2. The fourth-order valence-corrected chi connectivity index (χ4v) is 3.25. The smallest absolute Gasteiger partial charge is 0.332 e. The molecule has 0 bridgehead atoms. The van der Waals surface area contributed by atoms with Crippen LogP contribution < -0.4 is 5.32 Å². The Kier molecular flexibility index (Phi) is 6.49. The summed E-state index contributed by atoms with van der Waals surface area (Å²) in [5, 5.41) is 12.7. The number of nitrogens with one attached hydrogen (secondary N) is 1. The molecule has 0 spiro atoms. The first-order valence-electron chi connectivity index (χ1n) is 8.61. The van der Waals surface area contributed by atoms with Gasteiger partial charge in [-0.1, -0.05) is 55.4 Å². The third-order valence-corrected chi connectivity index (χ3v) is 5.04. The predicted octanol–water partition coefficient (Wildman–Crippen LogP) is 5.79. The van der Waals surface area contributed by atoms with Crippen molar-refractivity contribution >= 4 is 58.9 Å². The van der Waals surface area contributed by atoms with Crippen LogP contribution in [0, 0.1) is 0 Å². The predicted molar refractivity (Wildman–Crippen MR) is 116 cm³/mol. The summed E-state index contributed by atoms with van der Waals surface area (Å²) in [6.45, 7) is 2.58. The first-order valence-corrected chi connectivity index (χ1v) is 9.77. The van der Waals surface area contributed by atoms with Crippen LogP contribution in [-0.4, -0.2) is 32.0 Å². The Morgan fingerprint density at radius 3 is 2.57 bits per heavy atom. The van der Waals surface area contributed by atoms with Crippen molar-refractivity contribution in [2.45, 2.75) is 19.8 Å². The lowest BCUT2D eigenvalue weighted by atomic mass is 10.0. The summed E-state index contributed by atoms with van der Waals surface area (Å²) in [7, 11) is 0. The molecule has 1 aromatic heterocycles. The fourth-order valence-electron chi connectivity index (χ4n) is 2.57. The van der Waals surface area contributed by atoms with Gasteiger partial charge in [0.05, 0.1) is 27.3 Å². The number of halogens is 2. The molecule has 0 saturated carbocycles. The third kappa shape index (κ3) is 4.60. The summed E-state index contributed by atoms with van der Waals surface area (Å²) < 4.78 is 1.31. The number of thiol groups is 1. The van der Waals surface area contributed by atoms with Crippen LogP contribution >= 0.6 is 36.0 Å². The van der Waals surface area contributed by atoms with Gasteiger partial charge in [-0.15, -0.1) is 0 Å². The first-order chi connectivity index (χ1) is 13.4. The molecule has 0 unspecified atom stereocenters. The van der Waals surface area contributed by atoms with E-state index in [1.165, 1.54) is 10.5 Å². The summed E-state index contributed by atoms with van der Waals surface area (Å²) in [5.41, 5.74) is 2.79. The Hall–Kier alpha value is -2.22. The number of nitrogens with zero attached hydrogens (tertiary/aromatic N) is 3. The summed E-state index contributed by atoms with van der Waals surface area (Å²) >= 11 is 16.2. The van der Waals surface area contributed by atoms with E-state index >= 15 is 0 Å². The Balaban J connectivity index is 1.88. The van der Waals surface area contributed by atoms with Gasteiger partial charge < -0.3 is 5.11 Å². The highest BCUT2D eigenvalue weighted by atomic mass is 35.5. The van der Waals surface area contributed by atoms with Gasteiger partial charge in [0.2, 0.25) is 0 Å². The highest BCUT2D eigenvalue weighted by Crippen LogP contribution is 2.36. The van der Waals surface area contributed by atoms with Crippen molar-refractivity contribution in [3.8, 4) is 16.9 Å². The lowest BCUT2D eigenvalue weighted by molar-refractivity contribution is 0.238. The molecule has 3 aromatic rings. The van der Waals surface area contributed by atoms with Crippen LogP contribution in [0.1, 0.15) is 19.8 Å². The van der Waals surface area contributed by atoms with E-state index in [2.05, 4.69) is 28.1 Å². The summed E-state index contributed by atoms with van der Waals surface area (Å²) in [6.07, 6.45) is 3.32. The number of rotatable bonds is 5. The molecular formula is C19H18Cl2N4O2S. The normalized spacial score (nSPS) is 10.9. The van der Waals surface area contributed by atoms with Gasteiger partial charge in [0.15, 0.2) is 11.6 Å². The van der Waals surface area contributed by atoms with Crippen molar-refractivity contribution in [2.24, 2.45) is 0 Å². The minimum Gasteiger partial charge on any atom is -0.505 e. The molecule has 6 nitrogen and oxygen atoms in total. The van der Waals surface area contributed by atoms with Crippen LogP contribution in [0.4, 0.5) is 10.6 Å². The van der Waals surface area contributed by atoms with Gasteiger partial charge >= 0.3 is 6.03 Å². The zero-order valence-corrected chi connectivity index (χ0v) is 17.4. The molecule has 0 fully saturated rings. The molecular weight excluding hydrogens is 419 g/mol. The van der Waals surface area contributed by atoms with Crippen LogP contribution in [0.3, 0.4) is 0 Å². The van der Waals surface area contributed by atoms with Crippen LogP contribution in [0.5, 0.6) is 5.75 Å². The van der Waals surface area contributed by atoms with Crippen LogP contribution in [0.2, 0.25) is 10.0 Å². The van der Waals surface area contributed by atoms with Gasteiger partial charge in [-0.05, 0) is 41.8 Å². The van der Waals surface area contributed by atoms with Crippen molar-refractivity contribution in [3.05, 3.63) is 46.6 Å². The van der Waals surface area contributed by atoms with Crippen LogP contribution in [0.15, 0.2) is 36.5 Å². The first kappa shape index (κ1) is 20.5. The van der Waals surface area contributed by atoms with E-state index in [0.717, 1.165) is 24.0 Å². The second-order valence-electron chi connectivity index (χ2n) is 6.15. The molecule has 2 N–H and O–H groups in total. The molecule has 0 aliphatic carbocycles. The standard InChI is InChI=1S/C19H18Cl2N4O2S/c1-2-3-6-25(28)19(27)24-17-10-22-15-5-4-11(9-16(15)23-17)12-7-13(20)18(26)14(21)8-12/h4-5,7-10,26,28H,2-3,6H2,1H3,(H,23,24,27). The Bertz CT molecular complexity index is 1010. The number of urea groups is 1. The zero-order chi connectivity index (χ0) is 20.3. The molecule has 0 saturated heterocycles. The van der Waals surface area contributed by atoms with E-state index in [9.17, 15) is 9.90 Å². The molecule has 2 amide bonds. The molecule has 0 aliphatic rings. The molecule has 28 heavy (non-hydrogen) atoms. The molecule has 146 valence electrons. The minimum atomic E-state index is -0.362. The molecule has 1 heterocycles. The lowest BCUT2D eigenvalue weighted by Gasteiger charge is -2.15. The highest BCUT2D eigenvalue weighted by molar-refractivity contribution is 7.78. The van der Waals surface area contributed by atoms with Crippen molar-refractivity contribution in [1.82, 2.24) is 14.3 Å². The Morgan fingerprint density at radius 1 is 1.18 bits per heavy atom. The Labute approximate surface area is 178 Å². The van der Waals surface area contributed by atoms with E-state index in [0.29, 0.717) is 23.4 Å². The van der Waals surface area contributed by atoms with E-state index in [1.54, 1.807) is 12.1 Å². The molecule has 9 heteroatoms. The Morgan fingerprint density at radius 2 is 1.89 bits per heavy atom. The van der Waals surface area contributed by atoms with Crippen LogP contribution in [0.25, 0.3) is 22.2 Å². The van der Waals surface area contributed by atoms with E-state index < -0.39 is 0 Å². The summed E-state index contributed by atoms with van der Waals surface area (Å²) in [5.74, 6) is 0.170. The number of carbonyl (C=O) groups is 1. The van der Waals surface area contributed by atoms with E-state index in [1.807, 2.05) is 25.1 Å². The second-order valence-corrected chi connectivity index (χ2v) is 7.45. The largest absolute Gasteiger partial charge is 0.505 e. The molecule has 0 radical (unpaired) electrons. The molecule has 0 atom stereocenters. The molecule has 0 aliphatic heterocycles. The number of unbranched alkanes of at least 4 members (excludes halogenated alkanes) is 1. The van der Waals surface area contributed by atoms with Gasteiger partial charge in [0.1, 0.15) is 0 Å². The van der Waals surface area contributed by atoms with Gasteiger partial charge in [-0.3, -0.25) is 14.6 Å². The van der Waals surface area contributed by atoms with Crippen molar-refractivity contribution in [2.75, 3.05) is 11.9 Å². The zero-order valence-electron chi connectivity index (χ0n) is 15.0. The van der Waals surface area contributed by atoms with E-state index in [4.69, 9.17) is 23.2 Å². The quantitative estimate of drug-likeness (QED) is 0.442. The number of phenolic OH excluding ortho intramolecular Hbond substituents is 1. The van der Waals surface area contributed by atoms with Gasteiger partial charge in [-0.2, -0.15) is 0 Å². The maximum Gasteiger partial charge on any atom is 0.332 e. The van der Waals surface area contributed by atoms with E-state index in [-0.39, 0.29) is 21.8 Å². The highest BCUT2D eigenvalue weighted by Gasteiger charge is 2.12. The van der Waals surface area contributed by atoms with Gasteiger partial charge in [0.25, 0.3) is 0 Å². The molecule has 2 aromatic carbocycles. The summed E-state index contributed by atoms with van der Waals surface area (Å²) in [6, 6.07) is 8.36. The van der Waals surface area contributed by atoms with Crippen molar-refractivity contribution in [3.63, 3.8) is 0 Å². The number of phenols is 1. The third-order valence-electron chi connectivity index (χ3n) is 4.09. The number of amides is 2. The SMILES string of the molecule is CCCCN(S)C(=O)Nc1cnc2ccc(-c3cc(Cl)c(O)c(Cl)c3)cc2n1. The lowest BCUT2D eigenvalue weighted by Crippen LogP contribution is -2.28. The number of anilines is 1. The average molecular weight is 437 g/mol. The second kappa shape index (κ2) is 8.86.